The van der Waals surface area contributed by atoms with Crippen LogP contribution in [0.3, 0.4) is 0 Å². The molecule has 0 unspecified atom stereocenters. The average molecular weight is 413 g/mol. The number of hydrogen-bond donors (Lipinski definition) is 2. The summed E-state index contributed by atoms with van der Waals surface area (Å²) in [5.74, 6) is 0.571. The Balaban J connectivity index is 1.74. The monoisotopic (exact) mass is 412 g/mol. The summed E-state index contributed by atoms with van der Waals surface area (Å²) in [7, 11) is 0. The second kappa shape index (κ2) is 8.41. The van der Waals surface area contributed by atoms with E-state index in [1.54, 1.807) is 19.1 Å². The molecular formula is C23H28N2O3S. The molecule has 5 nitrogen and oxygen atoms in total. The second-order valence-electron chi connectivity index (χ2n) is 8.01. The van der Waals surface area contributed by atoms with Crippen molar-refractivity contribution in [3.8, 4) is 5.75 Å². The van der Waals surface area contributed by atoms with Gasteiger partial charge in [0.2, 0.25) is 0 Å². The summed E-state index contributed by atoms with van der Waals surface area (Å²) in [6, 6.07) is 11.7. The molecule has 1 heterocycles. The third-order valence-electron chi connectivity index (χ3n) is 4.91. The van der Waals surface area contributed by atoms with E-state index in [0.717, 1.165) is 29.0 Å². The number of benzene rings is 2. The van der Waals surface area contributed by atoms with Crippen molar-refractivity contribution in [1.29, 1.82) is 0 Å². The third kappa shape index (κ3) is 5.07. The van der Waals surface area contributed by atoms with Gasteiger partial charge >= 0.3 is 5.97 Å². The molecule has 2 N–H and O–H groups in total. The first-order valence-electron chi connectivity index (χ1n) is 9.83. The second-order valence-corrected chi connectivity index (χ2v) is 8.42. The Morgan fingerprint density at radius 1 is 1.24 bits per heavy atom. The van der Waals surface area contributed by atoms with Crippen molar-refractivity contribution >= 4 is 29.0 Å². The largest absolute Gasteiger partial charge is 0.487 e. The molecule has 0 saturated carbocycles. The fourth-order valence-corrected chi connectivity index (χ4v) is 3.82. The lowest BCUT2D eigenvalue weighted by molar-refractivity contribution is 0.0526. The van der Waals surface area contributed by atoms with Gasteiger partial charge in [0.1, 0.15) is 11.4 Å². The average Bonchev–Trinajstić information content (AvgIpc) is 2.63. The third-order valence-corrected chi connectivity index (χ3v) is 5.13. The summed E-state index contributed by atoms with van der Waals surface area (Å²) in [6.07, 6.45) is 0.798. The number of ether oxygens (including phenoxy) is 2. The van der Waals surface area contributed by atoms with Crippen LogP contribution < -0.4 is 15.4 Å². The highest BCUT2D eigenvalue weighted by Crippen LogP contribution is 2.39. The lowest BCUT2D eigenvalue weighted by atomic mass is 9.89. The van der Waals surface area contributed by atoms with Crippen molar-refractivity contribution < 1.29 is 14.3 Å². The summed E-state index contributed by atoms with van der Waals surface area (Å²) < 4.78 is 11.2. The van der Waals surface area contributed by atoms with Gasteiger partial charge in [-0.2, -0.15) is 0 Å². The fraction of sp³-hybridized carbons (Fsp3) is 0.391. The first kappa shape index (κ1) is 21.1. The van der Waals surface area contributed by atoms with Crippen molar-refractivity contribution in [2.45, 2.75) is 52.7 Å². The molecular weight excluding hydrogens is 384 g/mol. The Morgan fingerprint density at radius 2 is 2.00 bits per heavy atom. The number of carbonyl (C=O) groups excluding carboxylic acids is 1. The Bertz CT molecular complexity index is 940. The van der Waals surface area contributed by atoms with Crippen LogP contribution >= 0.6 is 12.2 Å². The van der Waals surface area contributed by atoms with Crippen LogP contribution in [0.4, 0.5) is 5.69 Å². The number of fused-ring (bicyclic) bond motifs is 1. The molecule has 6 heteroatoms. The van der Waals surface area contributed by atoms with E-state index in [-0.39, 0.29) is 17.6 Å². The Labute approximate surface area is 177 Å². The zero-order valence-corrected chi connectivity index (χ0v) is 18.4. The van der Waals surface area contributed by atoms with Crippen LogP contribution in [0.15, 0.2) is 36.4 Å². The minimum absolute atomic E-state index is 0.0489. The molecule has 3 rings (SSSR count). The van der Waals surface area contributed by atoms with Crippen molar-refractivity contribution in [3.63, 3.8) is 0 Å². The molecule has 0 radical (unpaired) electrons. The van der Waals surface area contributed by atoms with Gasteiger partial charge in [0, 0.05) is 17.7 Å². The van der Waals surface area contributed by atoms with Crippen molar-refractivity contribution in [2.75, 3.05) is 11.9 Å². The number of esters is 1. The maximum atomic E-state index is 11.9. The van der Waals surface area contributed by atoms with Gasteiger partial charge in [-0.1, -0.05) is 17.7 Å². The molecule has 0 fully saturated rings. The van der Waals surface area contributed by atoms with Crippen LogP contribution in [0.1, 0.15) is 60.3 Å². The van der Waals surface area contributed by atoms with Crippen LogP contribution in [0, 0.1) is 13.8 Å². The van der Waals surface area contributed by atoms with E-state index in [0.29, 0.717) is 17.3 Å². The van der Waals surface area contributed by atoms with Gasteiger partial charge in [0.15, 0.2) is 5.11 Å². The van der Waals surface area contributed by atoms with Crippen LogP contribution in [0.2, 0.25) is 0 Å². The van der Waals surface area contributed by atoms with Gasteiger partial charge in [-0.25, -0.2) is 4.79 Å². The molecule has 29 heavy (non-hydrogen) atoms. The van der Waals surface area contributed by atoms with Crippen LogP contribution in [-0.2, 0) is 4.74 Å². The predicted octanol–water partition coefficient (Wildman–Crippen LogP) is 5.07. The number of nitrogens with one attached hydrogen (secondary N) is 2. The SMILES string of the molecule is CCOC(=O)c1ccc(NC(=S)N[C@H]2CC(C)(C)Oc3ccc(C)cc32)c(C)c1. The van der Waals surface area contributed by atoms with Crippen LogP contribution in [-0.4, -0.2) is 23.3 Å². The molecule has 1 atom stereocenters. The van der Waals surface area contributed by atoms with Gasteiger partial charge in [-0.3, -0.25) is 0 Å². The summed E-state index contributed by atoms with van der Waals surface area (Å²) in [4.78, 5) is 11.9. The summed E-state index contributed by atoms with van der Waals surface area (Å²) in [6.45, 7) is 10.3. The van der Waals surface area contributed by atoms with E-state index in [1.807, 2.05) is 19.1 Å². The van der Waals surface area contributed by atoms with Crippen LogP contribution in [0.5, 0.6) is 5.75 Å². The van der Waals surface area contributed by atoms with Crippen molar-refractivity contribution in [1.82, 2.24) is 5.32 Å². The molecule has 0 aliphatic carbocycles. The van der Waals surface area contributed by atoms with E-state index in [2.05, 4.69) is 43.5 Å². The number of anilines is 1. The van der Waals surface area contributed by atoms with Gasteiger partial charge in [0.25, 0.3) is 0 Å². The number of rotatable bonds is 4. The maximum Gasteiger partial charge on any atom is 0.338 e. The standard InChI is InChI=1S/C23H28N2O3S/c1-6-27-21(26)16-8-9-18(15(3)12-16)24-22(29)25-19-13-23(4,5)28-20-10-7-14(2)11-17(19)20/h7-12,19H,6,13H2,1-5H3,(H2,24,25,29)/t19-/m0/s1. The molecule has 1 aliphatic rings. The van der Waals surface area contributed by atoms with E-state index < -0.39 is 0 Å². The highest BCUT2D eigenvalue weighted by Gasteiger charge is 2.34. The predicted molar refractivity (Wildman–Crippen MR) is 120 cm³/mol. The molecule has 2 aromatic carbocycles. The Hall–Kier alpha value is -2.60. The first-order chi connectivity index (χ1) is 13.7. The van der Waals surface area contributed by atoms with E-state index in [4.69, 9.17) is 21.7 Å². The minimum Gasteiger partial charge on any atom is -0.487 e. The quantitative estimate of drug-likeness (QED) is 0.540. The number of aryl methyl sites for hydroxylation is 2. The first-order valence-corrected chi connectivity index (χ1v) is 10.2. The lowest BCUT2D eigenvalue weighted by Crippen LogP contribution is -2.42. The molecule has 0 amide bonds. The van der Waals surface area contributed by atoms with Crippen LogP contribution in [0.25, 0.3) is 0 Å². The molecule has 0 spiro atoms. The topological polar surface area (TPSA) is 59.6 Å². The van der Waals surface area contributed by atoms with Crippen molar-refractivity contribution in [2.24, 2.45) is 0 Å². The zero-order valence-electron chi connectivity index (χ0n) is 17.6. The van der Waals surface area contributed by atoms with Crippen molar-refractivity contribution in [3.05, 3.63) is 58.7 Å². The van der Waals surface area contributed by atoms with E-state index >= 15 is 0 Å². The number of carbonyl (C=O) groups is 1. The number of hydrogen-bond acceptors (Lipinski definition) is 4. The smallest absolute Gasteiger partial charge is 0.338 e. The lowest BCUT2D eigenvalue weighted by Gasteiger charge is -2.38. The molecule has 0 saturated heterocycles. The van der Waals surface area contributed by atoms with Gasteiger partial charge in [-0.15, -0.1) is 0 Å². The molecule has 2 aromatic rings. The molecule has 1 aliphatic heterocycles. The summed E-state index contributed by atoms with van der Waals surface area (Å²) in [5, 5.41) is 7.23. The summed E-state index contributed by atoms with van der Waals surface area (Å²) in [5.41, 5.74) is 4.32. The van der Waals surface area contributed by atoms with E-state index in [9.17, 15) is 4.79 Å². The highest BCUT2D eigenvalue weighted by atomic mass is 32.1. The highest BCUT2D eigenvalue weighted by molar-refractivity contribution is 7.80. The molecule has 154 valence electrons. The fourth-order valence-electron chi connectivity index (χ4n) is 3.56. The molecule has 0 bridgehead atoms. The molecule has 0 aromatic heterocycles. The van der Waals surface area contributed by atoms with Gasteiger partial charge in [-0.05, 0) is 76.7 Å². The normalized spacial score (nSPS) is 16.9. The zero-order chi connectivity index (χ0) is 21.2. The maximum absolute atomic E-state index is 11.9. The van der Waals surface area contributed by atoms with Gasteiger partial charge < -0.3 is 20.1 Å². The minimum atomic E-state index is -0.320. The number of thiocarbonyl (C=S) groups is 1. The van der Waals surface area contributed by atoms with Gasteiger partial charge in [0.05, 0.1) is 18.2 Å². The Morgan fingerprint density at radius 3 is 2.69 bits per heavy atom. The summed E-state index contributed by atoms with van der Waals surface area (Å²) >= 11 is 5.58. The Kier molecular flexibility index (Phi) is 6.13. The van der Waals surface area contributed by atoms with E-state index in [1.165, 1.54) is 5.56 Å².